The molecule has 14 heavy (non-hydrogen) atoms. The predicted octanol–water partition coefficient (Wildman–Crippen LogP) is 4.48. The number of benzene rings is 1. The van der Waals surface area contributed by atoms with Crippen LogP contribution in [0.4, 0.5) is 5.69 Å². The van der Waals surface area contributed by atoms with Crippen molar-refractivity contribution in [3.63, 3.8) is 0 Å². The van der Waals surface area contributed by atoms with Gasteiger partial charge in [0.2, 0.25) is 0 Å². The van der Waals surface area contributed by atoms with Gasteiger partial charge in [-0.2, -0.15) is 0 Å². The fourth-order valence-electron chi connectivity index (χ4n) is 1.01. The van der Waals surface area contributed by atoms with E-state index in [0.717, 1.165) is 28.1 Å². The molecule has 1 rings (SSSR count). The molecule has 0 bridgehead atoms. The van der Waals surface area contributed by atoms with Crippen LogP contribution in [0.1, 0.15) is 13.3 Å². The molecular formula is C11H13BrClN. The molecule has 0 amide bonds. The van der Waals surface area contributed by atoms with E-state index in [4.69, 9.17) is 11.6 Å². The Bertz CT molecular complexity index is 316. The zero-order valence-corrected chi connectivity index (χ0v) is 10.5. The first-order valence-corrected chi connectivity index (χ1v) is 5.65. The van der Waals surface area contributed by atoms with E-state index in [-0.39, 0.29) is 0 Å². The van der Waals surface area contributed by atoms with Crippen LogP contribution in [-0.2, 0) is 0 Å². The van der Waals surface area contributed by atoms with E-state index in [1.807, 2.05) is 18.2 Å². The van der Waals surface area contributed by atoms with Gasteiger partial charge in [-0.05, 0) is 24.6 Å². The van der Waals surface area contributed by atoms with Crippen LogP contribution >= 0.6 is 27.5 Å². The van der Waals surface area contributed by atoms with Crippen molar-refractivity contribution in [3.8, 4) is 0 Å². The summed E-state index contributed by atoms with van der Waals surface area (Å²) in [4.78, 5) is 0. The van der Waals surface area contributed by atoms with Crippen molar-refractivity contribution in [2.24, 2.45) is 0 Å². The summed E-state index contributed by atoms with van der Waals surface area (Å²) in [7, 11) is 0. The van der Waals surface area contributed by atoms with Crippen molar-refractivity contribution in [2.75, 3.05) is 11.9 Å². The Balaban J connectivity index is 2.63. The molecule has 0 aliphatic heterocycles. The van der Waals surface area contributed by atoms with Crippen LogP contribution in [0.5, 0.6) is 0 Å². The largest absolute Gasteiger partial charge is 0.381 e. The maximum absolute atomic E-state index is 5.91. The van der Waals surface area contributed by atoms with E-state index in [2.05, 4.69) is 34.7 Å². The topological polar surface area (TPSA) is 12.0 Å². The van der Waals surface area contributed by atoms with Gasteiger partial charge in [0.05, 0.1) is 0 Å². The summed E-state index contributed by atoms with van der Waals surface area (Å²) in [6.07, 6.45) is 0.995. The van der Waals surface area contributed by atoms with Gasteiger partial charge in [-0.25, -0.2) is 0 Å². The minimum Gasteiger partial charge on any atom is -0.381 e. The van der Waals surface area contributed by atoms with Crippen LogP contribution in [0.25, 0.3) is 0 Å². The average Bonchev–Trinajstić information content (AvgIpc) is 2.12. The van der Waals surface area contributed by atoms with Gasteiger partial charge in [-0.15, -0.1) is 0 Å². The highest BCUT2D eigenvalue weighted by Gasteiger charge is 1.97. The van der Waals surface area contributed by atoms with E-state index in [0.29, 0.717) is 0 Å². The van der Waals surface area contributed by atoms with Crippen LogP contribution in [0.3, 0.4) is 0 Å². The Kier molecular flexibility index (Phi) is 4.49. The van der Waals surface area contributed by atoms with E-state index < -0.39 is 0 Å². The lowest BCUT2D eigenvalue weighted by molar-refractivity contribution is 1.05. The Morgan fingerprint density at radius 2 is 2.21 bits per heavy atom. The minimum absolute atomic E-state index is 0.726. The summed E-state index contributed by atoms with van der Waals surface area (Å²) in [5, 5.41) is 3.99. The van der Waals surface area contributed by atoms with Crippen molar-refractivity contribution in [3.05, 3.63) is 39.8 Å². The molecule has 1 N–H and O–H groups in total. The smallest absolute Gasteiger partial charge is 0.0437 e. The molecule has 0 aliphatic carbocycles. The van der Waals surface area contributed by atoms with Gasteiger partial charge in [0.25, 0.3) is 0 Å². The number of halogens is 2. The van der Waals surface area contributed by atoms with Gasteiger partial charge in [0, 0.05) is 21.7 Å². The Hall–Kier alpha value is -0.470. The SMILES string of the molecule is C=C(CC)CNc1cc(Cl)cc(Br)c1. The number of nitrogens with one attached hydrogen (secondary N) is 1. The van der Waals surface area contributed by atoms with Gasteiger partial charge < -0.3 is 5.32 Å². The number of hydrogen-bond acceptors (Lipinski definition) is 1. The van der Waals surface area contributed by atoms with Crippen molar-refractivity contribution in [2.45, 2.75) is 13.3 Å². The molecule has 1 aromatic rings. The van der Waals surface area contributed by atoms with Crippen LogP contribution in [0.2, 0.25) is 5.02 Å². The van der Waals surface area contributed by atoms with Gasteiger partial charge in [-0.1, -0.05) is 46.6 Å². The fraction of sp³-hybridized carbons (Fsp3) is 0.273. The van der Waals surface area contributed by atoms with Crippen molar-refractivity contribution >= 4 is 33.2 Å². The van der Waals surface area contributed by atoms with Gasteiger partial charge in [0.15, 0.2) is 0 Å². The van der Waals surface area contributed by atoms with Gasteiger partial charge >= 0.3 is 0 Å². The standard InChI is InChI=1S/C11H13BrClN/c1-3-8(2)7-14-11-5-9(12)4-10(13)6-11/h4-6,14H,2-3,7H2,1H3. The number of hydrogen-bond donors (Lipinski definition) is 1. The van der Waals surface area contributed by atoms with Crippen LogP contribution in [0, 0.1) is 0 Å². The third kappa shape index (κ3) is 3.72. The normalized spacial score (nSPS) is 9.93. The first-order chi connectivity index (χ1) is 6.61. The quantitative estimate of drug-likeness (QED) is 0.798. The Labute approximate surface area is 98.3 Å². The molecule has 0 fully saturated rings. The molecule has 1 nitrogen and oxygen atoms in total. The summed E-state index contributed by atoms with van der Waals surface area (Å²) < 4.78 is 0.981. The summed E-state index contributed by atoms with van der Waals surface area (Å²) in [6.45, 7) is 6.82. The van der Waals surface area contributed by atoms with E-state index in [1.165, 1.54) is 5.57 Å². The molecule has 1 aromatic carbocycles. The lowest BCUT2D eigenvalue weighted by Crippen LogP contribution is -2.03. The first-order valence-electron chi connectivity index (χ1n) is 4.48. The third-order valence-corrected chi connectivity index (χ3v) is 2.58. The second kappa shape index (κ2) is 5.42. The molecular weight excluding hydrogens is 261 g/mol. The van der Waals surface area contributed by atoms with Crippen molar-refractivity contribution < 1.29 is 0 Å². The van der Waals surface area contributed by atoms with Crippen LogP contribution in [-0.4, -0.2) is 6.54 Å². The lowest BCUT2D eigenvalue weighted by Gasteiger charge is -2.08. The maximum atomic E-state index is 5.91. The lowest BCUT2D eigenvalue weighted by atomic mass is 10.2. The van der Waals surface area contributed by atoms with Crippen LogP contribution < -0.4 is 5.32 Å². The minimum atomic E-state index is 0.726. The van der Waals surface area contributed by atoms with E-state index >= 15 is 0 Å². The Morgan fingerprint density at radius 1 is 1.50 bits per heavy atom. The highest BCUT2D eigenvalue weighted by molar-refractivity contribution is 9.10. The highest BCUT2D eigenvalue weighted by Crippen LogP contribution is 2.22. The summed E-state index contributed by atoms with van der Waals surface area (Å²) >= 11 is 9.30. The van der Waals surface area contributed by atoms with Gasteiger partial charge in [0.1, 0.15) is 0 Å². The van der Waals surface area contributed by atoms with E-state index in [9.17, 15) is 0 Å². The Morgan fingerprint density at radius 3 is 2.79 bits per heavy atom. The van der Waals surface area contributed by atoms with Gasteiger partial charge in [-0.3, -0.25) is 0 Å². The molecule has 0 unspecified atom stereocenters. The zero-order valence-electron chi connectivity index (χ0n) is 8.11. The first kappa shape index (κ1) is 11.6. The zero-order chi connectivity index (χ0) is 10.6. The van der Waals surface area contributed by atoms with Crippen LogP contribution in [0.15, 0.2) is 34.8 Å². The predicted molar refractivity (Wildman–Crippen MR) is 67.1 cm³/mol. The fourth-order valence-corrected chi connectivity index (χ4v) is 1.87. The summed E-state index contributed by atoms with van der Waals surface area (Å²) in [5.41, 5.74) is 2.19. The summed E-state index contributed by atoms with van der Waals surface area (Å²) in [6, 6.07) is 5.76. The molecule has 3 heteroatoms. The molecule has 0 radical (unpaired) electrons. The molecule has 0 aliphatic rings. The average molecular weight is 275 g/mol. The maximum Gasteiger partial charge on any atom is 0.0437 e. The molecule has 0 saturated heterocycles. The second-order valence-corrected chi connectivity index (χ2v) is 4.47. The van der Waals surface area contributed by atoms with Crippen molar-refractivity contribution in [1.82, 2.24) is 0 Å². The number of anilines is 1. The molecule has 76 valence electrons. The molecule has 0 heterocycles. The highest BCUT2D eigenvalue weighted by atomic mass is 79.9. The molecule has 0 aromatic heterocycles. The third-order valence-electron chi connectivity index (χ3n) is 1.91. The second-order valence-electron chi connectivity index (χ2n) is 3.12. The molecule has 0 atom stereocenters. The van der Waals surface area contributed by atoms with Crippen molar-refractivity contribution in [1.29, 1.82) is 0 Å². The number of rotatable bonds is 4. The molecule has 0 saturated carbocycles. The molecule has 0 spiro atoms. The van der Waals surface area contributed by atoms with E-state index in [1.54, 1.807) is 0 Å². The summed E-state index contributed by atoms with van der Waals surface area (Å²) in [5.74, 6) is 0. The monoisotopic (exact) mass is 273 g/mol.